The van der Waals surface area contributed by atoms with Gasteiger partial charge >= 0.3 is 8.60 Å². The molecule has 0 aliphatic heterocycles. The molecular formula is C35H55O3P. The highest BCUT2D eigenvalue weighted by atomic mass is 31.2. The SMILES string of the molecule is CCCCCC1(OP(O)O)c2c(cc(C(C)(C)C)cc2C(C)(C)C)Cc2cc(C(C)(C)C)cc(C(C)(C)C)c21. The maximum absolute atomic E-state index is 10.6. The lowest BCUT2D eigenvalue weighted by Gasteiger charge is -2.47. The Bertz CT molecular complexity index is 1100. The molecule has 0 saturated heterocycles. The third kappa shape index (κ3) is 6.64. The summed E-state index contributed by atoms with van der Waals surface area (Å²) in [6.07, 6.45) is 4.65. The minimum atomic E-state index is -2.60. The highest BCUT2D eigenvalue weighted by Crippen LogP contribution is 2.57. The van der Waals surface area contributed by atoms with Crippen LogP contribution in [0.5, 0.6) is 0 Å². The van der Waals surface area contributed by atoms with E-state index < -0.39 is 14.2 Å². The van der Waals surface area contributed by atoms with Crippen LogP contribution in [0.3, 0.4) is 0 Å². The van der Waals surface area contributed by atoms with Crippen LogP contribution in [-0.2, 0) is 38.2 Å². The predicted molar refractivity (Wildman–Crippen MR) is 168 cm³/mol. The molecule has 1 aliphatic rings. The van der Waals surface area contributed by atoms with E-state index in [-0.39, 0.29) is 21.7 Å². The summed E-state index contributed by atoms with van der Waals surface area (Å²) in [5.74, 6) is 0. The second kappa shape index (κ2) is 10.9. The maximum atomic E-state index is 10.6. The van der Waals surface area contributed by atoms with Crippen molar-refractivity contribution in [2.24, 2.45) is 0 Å². The minimum Gasteiger partial charge on any atom is -0.328 e. The van der Waals surface area contributed by atoms with Gasteiger partial charge in [-0.25, -0.2) is 0 Å². The second-order valence-electron chi connectivity index (χ2n) is 15.9. The minimum absolute atomic E-state index is 0.00849. The average Bonchev–Trinajstić information content (AvgIpc) is 2.74. The van der Waals surface area contributed by atoms with Crippen LogP contribution in [0.2, 0.25) is 0 Å². The Balaban J connectivity index is 2.60. The summed E-state index contributed by atoms with van der Waals surface area (Å²) >= 11 is 0. The fourth-order valence-electron chi connectivity index (χ4n) is 6.17. The Labute approximate surface area is 240 Å². The molecule has 0 spiro atoms. The zero-order valence-corrected chi connectivity index (χ0v) is 28.0. The van der Waals surface area contributed by atoms with Crippen LogP contribution in [0.25, 0.3) is 0 Å². The van der Waals surface area contributed by atoms with E-state index in [1.807, 2.05) is 0 Å². The molecule has 2 aromatic carbocycles. The second-order valence-corrected chi connectivity index (χ2v) is 16.6. The average molecular weight is 555 g/mol. The fraction of sp³-hybridized carbons (Fsp3) is 0.657. The Morgan fingerprint density at radius 3 is 1.38 bits per heavy atom. The molecule has 0 unspecified atom stereocenters. The molecule has 2 N–H and O–H groups in total. The molecule has 0 bridgehead atoms. The molecule has 3 rings (SSSR count). The molecule has 0 atom stereocenters. The number of fused-ring (bicyclic) bond motifs is 2. The van der Waals surface area contributed by atoms with E-state index in [0.717, 1.165) is 43.2 Å². The van der Waals surface area contributed by atoms with Crippen molar-refractivity contribution in [2.45, 2.75) is 149 Å². The predicted octanol–water partition coefficient (Wildman–Crippen LogP) is 9.83. The van der Waals surface area contributed by atoms with Crippen molar-refractivity contribution in [1.29, 1.82) is 0 Å². The standard InChI is InChI=1S/C35H55O3P/c1-14-15-16-17-35(38-39(36)37)29-23(19-25(31(2,3)4)21-27(29)33(8,9)10)18-24-20-26(32(5,6)7)22-28(30(24)35)34(11,12)13/h19-22,36-37H,14-18H2,1-13H3. The summed E-state index contributed by atoms with van der Waals surface area (Å²) in [5, 5.41) is 0. The van der Waals surface area contributed by atoms with E-state index in [4.69, 9.17) is 4.52 Å². The molecule has 2 aromatic rings. The van der Waals surface area contributed by atoms with E-state index in [0.29, 0.717) is 0 Å². The van der Waals surface area contributed by atoms with E-state index >= 15 is 0 Å². The van der Waals surface area contributed by atoms with E-state index in [1.165, 1.54) is 33.4 Å². The van der Waals surface area contributed by atoms with Crippen LogP contribution in [-0.4, -0.2) is 9.79 Å². The van der Waals surface area contributed by atoms with Crippen molar-refractivity contribution in [3.05, 3.63) is 68.8 Å². The highest BCUT2D eigenvalue weighted by Gasteiger charge is 2.49. The van der Waals surface area contributed by atoms with E-state index in [2.05, 4.69) is 114 Å². The highest BCUT2D eigenvalue weighted by molar-refractivity contribution is 7.39. The van der Waals surface area contributed by atoms with Gasteiger partial charge in [0.1, 0.15) is 5.60 Å². The molecular weight excluding hydrogens is 499 g/mol. The third-order valence-corrected chi connectivity index (χ3v) is 8.82. The molecule has 1 aliphatic carbocycles. The molecule has 4 heteroatoms. The van der Waals surface area contributed by atoms with Crippen LogP contribution in [0.15, 0.2) is 24.3 Å². The Hall–Kier alpha value is -1.25. The van der Waals surface area contributed by atoms with E-state index in [9.17, 15) is 9.79 Å². The topological polar surface area (TPSA) is 49.7 Å². The first-order valence-electron chi connectivity index (χ1n) is 14.9. The van der Waals surface area contributed by atoms with Crippen molar-refractivity contribution in [3.8, 4) is 0 Å². The van der Waals surface area contributed by atoms with E-state index in [1.54, 1.807) is 0 Å². The fourth-order valence-corrected chi connectivity index (χ4v) is 6.72. The van der Waals surface area contributed by atoms with Gasteiger partial charge in [0.15, 0.2) is 0 Å². The Morgan fingerprint density at radius 2 is 1.08 bits per heavy atom. The normalized spacial score (nSPS) is 15.9. The van der Waals surface area contributed by atoms with Crippen LogP contribution < -0.4 is 0 Å². The first-order valence-corrected chi connectivity index (χ1v) is 16.0. The van der Waals surface area contributed by atoms with Gasteiger partial charge in [-0.3, -0.25) is 4.52 Å². The molecule has 0 saturated carbocycles. The quantitative estimate of drug-likeness (QED) is 0.276. The number of unbranched alkanes of at least 4 members (excludes halogenated alkanes) is 2. The molecule has 0 amide bonds. The lowest BCUT2D eigenvalue weighted by atomic mass is 9.62. The Morgan fingerprint density at radius 1 is 0.667 bits per heavy atom. The van der Waals surface area contributed by atoms with Crippen molar-refractivity contribution in [1.82, 2.24) is 0 Å². The monoisotopic (exact) mass is 554 g/mol. The number of hydrogen-bond acceptors (Lipinski definition) is 3. The van der Waals surface area contributed by atoms with Gasteiger partial charge < -0.3 is 9.79 Å². The lowest BCUT2D eigenvalue weighted by molar-refractivity contribution is 0.0718. The first-order chi connectivity index (χ1) is 17.6. The van der Waals surface area contributed by atoms with Gasteiger partial charge in [-0.05, 0) is 85.4 Å². The summed E-state index contributed by atoms with van der Waals surface area (Å²) in [7, 11) is -2.60. The molecule has 0 aromatic heterocycles. The van der Waals surface area contributed by atoms with Crippen LogP contribution in [0.4, 0.5) is 0 Å². The van der Waals surface area contributed by atoms with Crippen LogP contribution >= 0.6 is 8.60 Å². The van der Waals surface area contributed by atoms with Crippen molar-refractivity contribution in [3.63, 3.8) is 0 Å². The summed E-state index contributed by atoms with van der Waals surface area (Å²) in [6, 6.07) is 9.50. The van der Waals surface area contributed by atoms with Gasteiger partial charge in [0.25, 0.3) is 0 Å². The largest absolute Gasteiger partial charge is 0.328 e. The third-order valence-electron chi connectivity index (χ3n) is 8.35. The summed E-state index contributed by atoms with van der Waals surface area (Å²) in [5.41, 5.74) is 8.75. The van der Waals surface area contributed by atoms with Gasteiger partial charge in [0.2, 0.25) is 0 Å². The molecule has 0 radical (unpaired) electrons. The van der Waals surface area contributed by atoms with Gasteiger partial charge in [0, 0.05) is 0 Å². The molecule has 218 valence electrons. The van der Waals surface area contributed by atoms with Crippen molar-refractivity contribution < 1.29 is 14.3 Å². The van der Waals surface area contributed by atoms with Crippen molar-refractivity contribution in [2.75, 3.05) is 0 Å². The van der Waals surface area contributed by atoms with Crippen LogP contribution in [0.1, 0.15) is 160 Å². The first kappa shape index (κ1) is 32.3. The molecule has 39 heavy (non-hydrogen) atoms. The smallest absolute Gasteiger partial charge is 0.328 e. The number of hydrogen-bond donors (Lipinski definition) is 2. The summed E-state index contributed by atoms with van der Waals surface area (Å²) in [6.45, 7) is 29.5. The van der Waals surface area contributed by atoms with Gasteiger partial charge in [-0.2, -0.15) is 0 Å². The number of rotatable bonds is 6. The van der Waals surface area contributed by atoms with Gasteiger partial charge in [-0.15, -0.1) is 0 Å². The molecule has 0 heterocycles. The summed E-state index contributed by atoms with van der Waals surface area (Å²) in [4.78, 5) is 21.3. The van der Waals surface area contributed by atoms with Gasteiger partial charge in [-0.1, -0.05) is 127 Å². The Kier molecular flexibility index (Phi) is 8.99. The zero-order chi connectivity index (χ0) is 29.8. The molecule has 3 nitrogen and oxygen atoms in total. The lowest BCUT2D eigenvalue weighted by Crippen LogP contribution is -2.41. The summed E-state index contributed by atoms with van der Waals surface area (Å²) < 4.78 is 6.58. The van der Waals surface area contributed by atoms with Crippen LogP contribution in [0, 0.1) is 0 Å². The number of benzene rings is 2. The maximum Gasteiger partial charge on any atom is 0.328 e. The van der Waals surface area contributed by atoms with Crippen molar-refractivity contribution >= 4 is 8.60 Å². The zero-order valence-electron chi connectivity index (χ0n) is 27.1. The molecule has 0 fully saturated rings. The van der Waals surface area contributed by atoms with Gasteiger partial charge in [0.05, 0.1) is 0 Å².